The fourth-order valence-corrected chi connectivity index (χ4v) is 3.03. The molecular formula is C21H23N7O3. The molecule has 1 aliphatic heterocycles. The molecule has 10 heteroatoms. The maximum atomic E-state index is 12.1. The van der Waals surface area contributed by atoms with Crippen molar-refractivity contribution in [1.82, 2.24) is 24.8 Å². The summed E-state index contributed by atoms with van der Waals surface area (Å²) in [6, 6.07) is 8.69. The number of hydrogen-bond acceptors (Lipinski definition) is 9. The summed E-state index contributed by atoms with van der Waals surface area (Å²) >= 11 is 0. The maximum absolute atomic E-state index is 12.1. The van der Waals surface area contributed by atoms with Gasteiger partial charge in [0, 0.05) is 50.7 Å². The van der Waals surface area contributed by atoms with Crippen molar-refractivity contribution in [2.45, 2.75) is 0 Å². The molecule has 10 nitrogen and oxygen atoms in total. The summed E-state index contributed by atoms with van der Waals surface area (Å²) in [5.74, 6) is 1.32. The molecule has 0 bridgehead atoms. The molecule has 0 spiro atoms. The number of pyridine rings is 1. The van der Waals surface area contributed by atoms with E-state index in [-0.39, 0.29) is 11.9 Å². The summed E-state index contributed by atoms with van der Waals surface area (Å²) in [7, 11) is 3.41. The Morgan fingerprint density at radius 2 is 1.84 bits per heavy atom. The van der Waals surface area contributed by atoms with E-state index in [9.17, 15) is 4.79 Å². The largest absolute Gasteiger partial charge is 0.424 e. The van der Waals surface area contributed by atoms with Crippen LogP contribution in [0.15, 0.2) is 42.7 Å². The molecule has 4 rings (SSSR count). The van der Waals surface area contributed by atoms with Crippen molar-refractivity contribution in [3.63, 3.8) is 0 Å². The number of nitrogens with zero attached hydrogens (tertiary/aromatic N) is 6. The number of carbonyl (C=O) groups is 1. The van der Waals surface area contributed by atoms with Crippen LogP contribution in [0.5, 0.6) is 11.8 Å². The fourth-order valence-electron chi connectivity index (χ4n) is 3.03. The van der Waals surface area contributed by atoms with Crippen LogP contribution in [0.25, 0.3) is 11.4 Å². The number of ether oxygens (including phenoxy) is 2. The Labute approximate surface area is 179 Å². The summed E-state index contributed by atoms with van der Waals surface area (Å²) < 4.78 is 11.3. The number of hydrogen-bond donors (Lipinski definition) is 1. The number of carbonyl (C=O) groups excluding carboxylic acids is 1. The molecule has 1 aromatic carbocycles. The van der Waals surface area contributed by atoms with Crippen molar-refractivity contribution in [3.05, 3.63) is 48.3 Å². The molecule has 1 saturated heterocycles. The molecule has 1 amide bonds. The highest BCUT2D eigenvalue weighted by molar-refractivity contribution is 5.93. The van der Waals surface area contributed by atoms with Crippen molar-refractivity contribution in [3.8, 4) is 23.1 Å². The molecule has 1 fully saturated rings. The third kappa shape index (κ3) is 4.86. The molecule has 0 radical (unpaired) electrons. The van der Waals surface area contributed by atoms with E-state index in [4.69, 9.17) is 15.2 Å². The molecule has 3 heterocycles. The summed E-state index contributed by atoms with van der Waals surface area (Å²) in [6.45, 7) is 2.52. The second kappa shape index (κ2) is 8.92. The van der Waals surface area contributed by atoms with E-state index in [1.54, 1.807) is 56.8 Å². The SMILES string of the molecule is CN(C)C(=O)c1ccc(Oc2nc(-c3cncc(N)c3)nc(N3CCOCC3)n2)cc1. The first-order valence-corrected chi connectivity index (χ1v) is 9.79. The molecule has 3 aromatic rings. The van der Waals surface area contributed by atoms with E-state index in [2.05, 4.69) is 19.9 Å². The van der Waals surface area contributed by atoms with Gasteiger partial charge < -0.3 is 25.0 Å². The zero-order chi connectivity index (χ0) is 21.8. The van der Waals surface area contributed by atoms with Crippen molar-refractivity contribution in [2.75, 3.05) is 51.0 Å². The van der Waals surface area contributed by atoms with Gasteiger partial charge in [-0.05, 0) is 30.3 Å². The van der Waals surface area contributed by atoms with Gasteiger partial charge in [0.05, 0.1) is 18.9 Å². The summed E-state index contributed by atoms with van der Waals surface area (Å²) in [6.07, 6.45) is 3.20. The number of nitrogens with two attached hydrogens (primary N) is 1. The number of amides is 1. The van der Waals surface area contributed by atoms with Gasteiger partial charge >= 0.3 is 6.01 Å². The lowest BCUT2D eigenvalue weighted by atomic mass is 10.2. The summed E-state index contributed by atoms with van der Waals surface area (Å²) in [4.78, 5) is 33.3. The highest BCUT2D eigenvalue weighted by Gasteiger charge is 2.18. The minimum absolute atomic E-state index is 0.0854. The molecule has 2 N–H and O–H groups in total. The van der Waals surface area contributed by atoms with Crippen LogP contribution in [0.1, 0.15) is 10.4 Å². The van der Waals surface area contributed by atoms with Crippen LogP contribution >= 0.6 is 0 Å². The maximum Gasteiger partial charge on any atom is 0.327 e. The molecule has 0 saturated carbocycles. The Kier molecular flexibility index (Phi) is 5.89. The topological polar surface area (TPSA) is 120 Å². The standard InChI is InChI=1S/C21H23N7O3/c1-27(2)19(29)14-3-5-17(6-4-14)31-21-25-18(15-11-16(22)13-23-12-15)24-20(26-21)28-7-9-30-10-8-28/h3-6,11-13H,7-10,22H2,1-2H3. The van der Waals surface area contributed by atoms with Crippen molar-refractivity contribution >= 4 is 17.5 Å². The molecule has 160 valence electrons. The molecule has 1 aliphatic rings. The first-order chi connectivity index (χ1) is 15.0. The highest BCUT2D eigenvalue weighted by atomic mass is 16.5. The Hall–Kier alpha value is -3.79. The third-order valence-corrected chi connectivity index (χ3v) is 4.63. The van der Waals surface area contributed by atoms with E-state index < -0.39 is 0 Å². The number of anilines is 2. The third-order valence-electron chi connectivity index (χ3n) is 4.63. The number of morpholine rings is 1. The quantitative estimate of drug-likeness (QED) is 0.658. The second-order valence-corrected chi connectivity index (χ2v) is 7.17. The fraction of sp³-hybridized carbons (Fsp3) is 0.286. The Bertz CT molecular complexity index is 1070. The van der Waals surface area contributed by atoms with Gasteiger partial charge in [0.25, 0.3) is 5.91 Å². The average molecular weight is 421 g/mol. The zero-order valence-corrected chi connectivity index (χ0v) is 17.4. The van der Waals surface area contributed by atoms with Gasteiger partial charge in [-0.1, -0.05) is 0 Å². The van der Waals surface area contributed by atoms with E-state index in [0.29, 0.717) is 60.6 Å². The number of benzene rings is 1. The minimum atomic E-state index is -0.0854. The van der Waals surface area contributed by atoms with E-state index in [1.165, 1.54) is 4.90 Å². The van der Waals surface area contributed by atoms with Gasteiger partial charge in [0.1, 0.15) is 5.75 Å². The van der Waals surface area contributed by atoms with Crippen LogP contribution in [0.2, 0.25) is 0 Å². The predicted molar refractivity (Wildman–Crippen MR) is 115 cm³/mol. The van der Waals surface area contributed by atoms with Gasteiger partial charge in [-0.25, -0.2) is 0 Å². The van der Waals surface area contributed by atoms with Gasteiger partial charge in [-0.2, -0.15) is 15.0 Å². The molecule has 0 unspecified atom stereocenters. The number of nitrogen functional groups attached to an aromatic ring is 1. The van der Waals surface area contributed by atoms with Gasteiger partial charge in [0.15, 0.2) is 5.82 Å². The first-order valence-electron chi connectivity index (χ1n) is 9.79. The van der Waals surface area contributed by atoms with Gasteiger partial charge in [-0.15, -0.1) is 0 Å². The lowest BCUT2D eigenvalue weighted by molar-refractivity contribution is 0.0827. The van der Waals surface area contributed by atoms with Gasteiger partial charge in [-0.3, -0.25) is 9.78 Å². The molecule has 0 atom stereocenters. The Morgan fingerprint density at radius 1 is 1.10 bits per heavy atom. The highest BCUT2D eigenvalue weighted by Crippen LogP contribution is 2.25. The average Bonchev–Trinajstić information content (AvgIpc) is 2.79. The smallest absolute Gasteiger partial charge is 0.327 e. The number of rotatable bonds is 5. The van der Waals surface area contributed by atoms with Crippen LogP contribution in [0, 0.1) is 0 Å². The molecule has 0 aliphatic carbocycles. The molecule has 31 heavy (non-hydrogen) atoms. The first kappa shape index (κ1) is 20.5. The predicted octanol–water partition coefficient (Wildman–Crippen LogP) is 1.85. The lowest BCUT2D eigenvalue weighted by Crippen LogP contribution is -2.37. The molecule has 2 aromatic heterocycles. The minimum Gasteiger partial charge on any atom is -0.424 e. The van der Waals surface area contributed by atoms with Crippen LogP contribution in [-0.2, 0) is 4.74 Å². The van der Waals surface area contributed by atoms with Crippen molar-refractivity contribution in [2.24, 2.45) is 0 Å². The monoisotopic (exact) mass is 421 g/mol. The zero-order valence-electron chi connectivity index (χ0n) is 17.4. The van der Waals surface area contributed by atoms with E-state index in [0.717, 1.165) is 0 Å². The summed E-state index contributed by atoms with van der Waals surface area (Å²) in [5.41, 5.74) is 7.61. The normalized spacial score (nSPS) is 13.7. The van der Waals surface area contributed by atoms with E-state index in [1.807, 2.05) is 4.90 Å². The van der Waals surface area contributed by atoms with Crippen molar-refractivity contribution in [1.29, 1.82) is 0 Å². The van der Waals surface area contributed by atoms with Crippen molar-refractivity contribution < 1.29 is 14.3 Å². The van der Waals surface area contributed by atoms with E-state index >= 15 is 0 Å². The second-order valence-electron chi connectivity index (χ2n) is 7.17. The van der Waals surface area contributed by atoms with Crippen LogP contribution < -0.4 is 15.4 Å². The number of aromatic nitrogens is 4. The summed E-state index contributed by atoms with van der Waals surface area (Å²) in [5, 5.41) is 0. The van der Waals surface area contributed by atoms with Crippen LogP contribution in [0.3, 0.4) is 0 Å². The van der Waals surface area contributed by atoms with Crippen LogP contribution in [0.4, 0.5) is 11.6 Å². The van der Waals surface area contributed by atoms with Crippen LogP contribution in [-0.4, -0.2) is 71.1 Å². The lowest BCUT2D eigenvalue weighted by Gasteiger charge is -2.27. The Balaban J connectivity index is 1.66. The Morgan fingerprint density at radius 3 is 2.52 bits per heavy atom. The van der Waals surface area contributed by atoms with Gasteiger partial charge in [0.2, 0.25) is 5.95 Å². The molecular weight excluding hydrogens is 398 g/mol.